The number of carbonyl (C=O) groups is 3. The van der Waals surface area contributed by atoms with Crippen molar-refractivity contribution in [2.24, 2.45) is 0 Å². The van der Waals surface area contributed by atoms with E-state index in [0.717, 1.165) is 122 Å². The van der Waals surface area contributed by atoms with E-state index in [-0.39, 0.29) is 44.4 Å². The van der Waals surface area contributed by atoms with E-state index < -0.39 is 12.1 Å². The van der Waals surface area contributed by atoms with E-state index in [2.05, 4.69) is 179 Å². The van der Waals surface area contributed by atoms with Crippen LogP contribution in [0.25, 0.3) is 0 Å². The normalized spacial score (nSPS) is 13.4. The molecule has 0 rings (SSSR count). The van der Waals surface area contributed by atoms with Crippen molar-refractivity contribution in [2.45, 2.75) is 226 Å². The van der Waals surface area contributed by atoms with Crippen molar-refractivity contribution in [3.8, 4) is 0 Å². The molecule has 0 saturated carbocycles. The van der Waals surface area contributed by atoms with Crippen LogP contribution in [0.1, 0.15) is 220 Å². The van der Waals surface area contributed by atoms with Gasteiger partial charge < -0.3 is 14.2 Å². The molecule has 0 radical (unpaired) electrons. The summed E-state index contributed by atoms with van der Waals surface area (Å²) in [7, 11) is 0. The standard InChI is InChI=1S/C68H104O6/c1-4-7-10-13-16-19-22-25-28-30-32-33-34-35-36-38-40-43-46-49-52-55-58-61-67(70)73-64-65(63-72-66(69)60-57-54-51-48-45-42-39-27-24-21-18-15-12-9-6-3)74-68(71)62-59-56-53-50-47-44-41-37-31-29-26-23-20-17-14-11-8-5-2/h7,9-10,12,16,18-21,23,25,27-29,31-33,35-36,39-40,43,45,48-49,52,54,57,65H,4-6,8,11,13-15,17,22,24,26,30,34,37-38,41-42,44,46-47,50-51,53,55-56,58-64H2,1-3H3/b10-7-,12-9-,19-16-,21-18-,23-20-,28-25-,31-29-,33-32-,36-35-,39-27-,43-40-,48-45-,52-49-,57-54-. The number of hydrogen-bond acceptors (Lipinski definition) is 6. The van der Waals surface area contributed by atoms with Crippen LogP contribution in [0.3, 0.4) is 0 Å². The summed E-state index contributed by atoms with van der Waals surface area (Å²) < 4.78 is 16.7. The van der Waals surface area contributed by atoms with Crippen molar-refractivity contribution in [2.75, 3.05) is 13.2 Å². The number of ether oxygens (including phenoxy) is 3. The Bertz CT molecular complexity index is 1740. The molecule has 0 saturated heterocycles. The molecular weight excluding hydrogens is 913 g/mol. The average Bonchev–Trinajstić information content (AvgIpc) is 3.40. The molecule has 6 heteroatoms. The van der Waals surface area contributed by atoms with Crippen LogP contribution in [0.4, 0.5) is 0 Å². The maximum atomic E-state index is 12.9. The van der Waals surface area contributed by atoms with E-state index in [0.29, 0.717) is 6.42 Å². The van der Waals surface area contributed by atoms with Gasteiger partial charge in [-0.1, -0.05) is 242 Å². The van der Waals surface area contributed by atoms with Gasteiger partial charge in [0.1, 0.15) is 13.2 Å². The Hall–Kier alpha value is -5.23. The lowest BCUT2D eigenvalue weighted by atomic mass is 10.1. The maximum absolute atomic E-state index is 12.9. The summed E-state index contributed by atoms with van der Waals surface area (Å²) in [4.78, 5) is 38.1. The summed E-state index contributed by atoms with van der Waals surface area (Å²) >= 11 is 0. The smallest absolute Gasteiger partial charge is 0.309 e. The predicted molar refractivity (Wildman–Crippen MR) is 320 cm³/mol. The molecule has 412 valence electrons. The lowest BCUT2D eigenvalue weighted by Crippen LogP contribution is -2.30. The second kappa shape index (κ2) is 60.3. The van der Waals surface area contributed by atoms with E-state index in [1.807, 2.05) is 6.08 Å². The van der Waals surface area contributed by atoms with Gasteiger partial charge in [-0.05, 0) is 128 Å². The minimum absolute atomic E-state index is 0.106. The number of allylic oxidation sites excluding steroid dienone is 27. The summed E-state index contributed by atoms with van der Waals surface area (Å²) in [6, 6.07) is 0. The Labute approximate surface area is 453 Å². The summed E-state index contributed by atoms with van der Waals surface area (Å²) in [5.74, 6) is -1.15. The molecule has 74 heavy (non-hydrogen) atoms. The largest absolute Gasteiger partial charge is 0.462 e. The van der Waals surface area contributed by atoms with Crippen LogP contribution in [0, 0.1) is 0 Å². The molecule has 0 aromatic heterocycles. The molecule has 0 aromatic rings. The second-order valence-electron chi connectivity index (χ2n) is 18.4. The number of unbranched alkanes of at least 4 members (excludes halogenated alkanes) is 12. The van der Waals surface area contributed by atoms with E-state index >= 15 is 0 Å². The maximum Gasteiger partial charge on any atom is 0.309 e. The molecule has 0 spiro atoms. The SMILES string of the molecule is CC/C=C\C/C=C\C/C=C\C/C=C\C/C=C\C/C=C\C/C=C\CCCC(=O)OCC(COC(=O)C/C=C\C/C=C\C/C=C\C/C=C\C/C=C\CC)OC(=O)CCCCCCCCC/C=C\C/C=C\CCCCCC. The van der Waals surface area contributed by atoms with Gasteiger partial charge in [0.25, 0.3) is 0 Å². The molecule has 0 aromatic carbocycles. The minimum atomic E-state index is -0.856. The zero-order chi connectivity index (χ0) is 53.6. The first-order chi connectivity index (χ1) is 36.5. The molecule has 0 aliphatic heterocycles. The average molecular weight is 1020 g/mol. The van der Waals surface area contributed by atoms with E-state index in [1.165, 1.54) is 51.4 Å². The Kier molecular flexibility index (Phi) is 56.1. The topological polar surface area (TPSA) is 78.9 Å². The lowest BCUT2D eigenvalue weighted by molar-refractivity contribution is -0.166. The van der Waals surface area contributed by atoms with Crippen molar-refractivity contribution in [3.05, 3.63) is 170 Å². The zero-order valence-corrected chi connectivity index (χ0v) is 47.0. The Morgan fingerprint density at radius 2 is 0.595 bits per heavy atom. The predicted octanol–water partition coefficient (Wildman–Crippen LogP) is 19.9. The highest BCUT2D eigenvalue weighted by Crippen LogP contribution is 2.12. The highest BCUT2D eigenvalue weighted by molar-refractivity contribution is 5.72. The molecule has 0 N–H and O–H groups in total. The van der Waals surface area contributed by atoms with Crippen molar-refractivity contribution in [3.63, 3.8) is 0 Å². The molecule has 1 atom stereocenters. The molecule has 0 aliphatic carbocycles. The number of esters is 3. The van der Waals surface area contributed by atoms with Gasteiger partial charge in [-0.2, -0.15) is 0 Å². The van der Waals surface area contributed by atoms with Crippen molar-refractivity contribution >= 4 is 17.9 Å². The first-order valence-electron chi connectivity index (χ1n) is 29.1. The van der Waals surface area contributed by atoms with Gasteiger partial charge in [0, 0.05) is 12.8 Å². The second-order valence-corrected chi connectivity index (χ2v) is 18.4. The molecular formula is C68H104O6. The number of rotatable bonds is 50. The third kappa shape index (κ3) is 57.7. The molecule has 0 amide bonds. The highest BCUT2D eigenvalue weighted by Gasteiger charge is 2.19. The first-order valence-corrected chi connectivity index (χ1v) is 29.1. The quantitative estimate of drug-likeness (QED) is 0.0261. The summed E-state index contributed by atoms with van der Waals surface area (Å²) in [5.41, 5.74) is 0. The minimum Gasteiger partial charge on any atom is -0.462 e. The Morgan fingerprint density at radius 3 is 0.986 bits per heavy atom. The Morgan fingerprint density at radius 1 is 0.297 bits per heavy atom. The Balaban J connectivity index is 4.62. The van der Waals surface area contributed by atoms with Crippen molar-refractivity contribution in [1.82, 2.24) is 0 Å². The van der Waals surface area contributed by atoms with Crippen LogP contribution in [0.2, 0.25) is 0 Å². The van der Waals surface area contributed by atoms with Crippen LogP contribution in [0.15, 0.2) is 170 Å². The molecule has 0 aliphatic rings. The molecule has 0 bridgehead atoms. The van der Waals surface area contributed by atoms with Gasteiger partial charge in [0.05, 0.1) is 6.42 Å². The van der Waals surface area contributed by atoms with Gasteiger partial charge in [-0.3, -0.25) is 14.4 Å². The van der Waals surface area contributed by atoms with Gasteiger partial charge >= 0.3 is 17.9 Å². The van der Waals surface area contributed by atoms with Crippen molar-refractivity contribution in [1.29, 1.82) is 0 Å². The summed E-state index contributed by atoms with van der Waals surface area (Å²) in [6.45, 7) is 6.23. The van der Waals surface area contributed by atoms with Crippen molar-refractivity contribution < 1.29 is 28.6 Å². The summed E-state index contributed by atoms with van der Waals surface area (Å²) in [6.07, 6.45) is 89.4. The molecule has 0 heterocycles. The highest BCUT2D eigenvalue weighted by atomic mass is 16.6. The number of carbonyl (C=O) groups excluding carboxylic acids is 3. The summed E-state index contributed by atoms with van der Waals surface area (Å²) in [5, 5.41) is 0. The third-order valence-electron chi connectivity index (χ3n) is 11.5. The fourth-order valence-corrected chi connectivity index (χ4v) is 7.18. The van der Waals surface area contributed by atoms with Gasteiger partial charge in [0.15, 0.2) is 6.10 Å². The van der Waals surface area contributed by atoms with E-state index in [9.17, 15) is 14.4 Å². The van der Waals surface area contributed by atoms with E-state index in [4.69, 9.17) is 14.2 Å². The van der Waals surface area contributed by atoms with Crippen LogP contribution in [-0.4, -0.2) is 37.2 Å². The van der Waals surface area contributed by atoms with E-state index in [1.54, 1.807) is 6.08 Å². The molecule has 6 nitrogen and oxygen atoms in total. The van der Waals surface area contributed by atoms with Gasteiger partial charge in [-0.15, -0.1) is 0 Å². The zero-order valence-electron chi connectivity index (χ0n) is 47.0. The first kappa shape index (κ1) is 68.8. The van der Waals surface area contributed by atoms with Crippen LogP contribution in [0.5, 0.6) is 0 Å². The van der Waals surface area contributed by atoms with Crippen LogP contribution in [-0.2, 0) is 28.6 Å². The van der Waals surface area contributed by atoms with Gasteiger partial charge in [0.2, 0.25) is 0 Å². The van der Waals surface area contributed by atoms with Crippen LogP contribution < -0.4 is 0 Å². The molecule has 1 unspecified atom stereocenters. The van der Waals surface area contributed by atoms with Crippen LogP contribution >= 0.6 is 0 Å². The lowest BCUT2D eigenvalue weighted by Gasteiger charge is -2.18. The molecule has 0 fully saturated rings. The van der Waals surface area contributed by atoms with Gasteiger partial charge in [-0.25, -0.2) is 0 Å². The third-order valence-corrected chi connectivity index (χ3v) is 11.5. The monoisotopic (exact) mass is 1020 g/mol. The number of hydrogen-bond donors (Lipinski definition) is 0. The fourth-order valence-electron chi connectivity index (χ4n) is 7.18. The fraction of sp³-hybridized carbons (Fsp3) is 0.544.